The van der Waals surface area contributed by atoms with Crippen molar-refractivity contribution in [3.63, 3.8) is 0 Å². The molecule has 0 unspecified atom stereocenters. The highest BCUT2D eigenvalue weighted by atomic mass is 32.1. The molecule has 2 aromatic heterocycles. The van der Waals surface area contributed by atoms with E-state index in [9.17, 15) is 0 Å². The molecule has 0 aliphatic rings. The Balaban J connectivity index is 1.41. The summed E-state index contributed by atoms with van der Waals surface area (Å²) in [5.41, 5.74) is 8.38. The molecule has 5 aromatic carbocycles. The van der Waals surface area contributed by atoms with Gasteiger partial charge in [-0.15, -0.1) is 11.3 Å². The number of rotatable bonds is 5. The lowest BCUT2D eigenvalue weighted by molar-refractivity contribution is 1.18. The summed E-state index contributed by atoms with van der Waals surface area (Å²) in [7, 11) is 0. The van der Waals surface area contributed by atoms with Crippen LogP contribution in [0.1, 0.15) is 0 Å². The Labute approximate surface area is 220 Å². The minimum atomic E-state index is 1.14. The molecule has 7 aromatic rings. The SMILES string of the molecule is c1ccc(-c2ccc(N(c3ccccc3)c3cc4c(s3)c3ccccc3n4-c3ccccc3)cc2)cc1. The maximum absolute atomic E-state index is 2.38. The van der Waals surface area contributed by atoms with E-state index in [4.69, 9.17) is 0 Å². The van der Waals surface area contributed by atoms with Crippen molar-refractivity contribution in [3.8, 4) is 16.8 Å². The number of fused-ring (bicyclic) bond motifs is 3. The summed E-state index contributed by atoms with van der Waals surface area (Å²) in [4.78, 5) is 2.36. The summed E-state index contributed by atoms with van der Waals surface area (Å²) < 4.78 is 3.68. The maximum Gasteiger partial charge on any atom is 0.103 e. The van der Waals surface area contributed by atoms with Crippen LogP contribution in [-0.2, 0) is 0 Å². The van der Waals surface area contributed by atoms with E-state index >= 15 is 0 Å². The minimum absolute atomic E-state index is 1.14. The van der Waals surface area contributed by atoms with Gasteiger partial charge in [-0.05, 0) is 59.7 Å². The van der Waals surface area contributed by atoms with Crippen molar-refractivity contribution in [2.75, 3.05) is 4.90 Å². The molecule has 0 amide bonds. The number of anilines is 3. The molecule has 0 bridgehead atoms. The number of para-hydroxylation sites is 3. The minimum Gasteiger partial charge on any atom is -0.308 e. The molecule has 0 spiro atoms. The largest absolute Gasteiger partial charge is 0.308 e. The lowest BCUT2D eigenvalue weighted by Crippen LogP contribution is -2.08. The van der Waals surface area contributed by atoms with Gasteiger partial charge in [0.1, 0.15) is 5.00 Å². The van der Waals surface area contributed by atoms with E-state index < -0.39 is 0 Å². The second-order valence-electron chi connectivity index (χ2n) is 9.07. The van der Waals surface area contributed by atoms with Crippen molar-refractivity contribution in [2.45, 2.75) is 0 Å². The molecule has 2 heterocycles. The third-order valence-electron chi connectivity index (χ3n) is 6.81. The van der Waals surface area contributed by atoms with Crippen molar-refractivity contribution in [3.05, 3.63) is 146 Å². The molecule has 0 fully saturated rings. The molecule has 37 heavy (non-hydrogen) atoms. The van der Waals surface area contributed by atoms with Crippen molar-refractivity contribution in [1.82, 2.24) is 4.57 Å². The van der Waals surface area contributed by atoms with E-state index in [0.29, 0.717) is 0 Å². The lowest BCUT2D eigenvalue weighted by Gasteiger charge is -2.24. The van der Waals surface area contributed by atoms with E-state index in [1.165, 1.54) is 42.9 Å². The number of thiophene rings is 1. The van der Waals surface area contributed by atoms with Crippen molar-refractivity contribution in [1.29, 1.82) is 0 Å². The first-order valence-corrected chi connectivity index (χ1v) is 13.3. The molecule has 176 valence electrons. The van der Waals surface area contributed by atoms with Crippen LogP contribution in [0.5, 0.6) is 0 Å². The Morgan fingerprint density at radius 3 is 1.78 bits per heavy atom. The number of nitrogens with zero attached hydrogens (tertiary/aromatic N) is 2. The van der Waals surface area contributed by atoms with Crippen molar-refractivity contribution in [2.24, 2.45) is 0 Å². The highest BCUT2D eigenvalue weighted by Gasteiger charge is 2.20. The third kappa shape index (κ3) is 3.81. The van der Waals surface area contributed by atoms with E-state index in [2.05, 4.69) is 155 Å². The maximum atomic E-state index is 2.38. The van der Waals surface area contributed by atoms with Gasteiger partial charge >= 0.3 is 0 Å². The van der Waals surface area contributed by atoms with Crippen LogP contribution in [0.2, 0.25) is 0 Å². The zero-order valence-corrected chi connectivity index (χ0v) is 21.0. The average molecular weight is 493 g/mol. The predicted octanol–water partition coefficient (Wildman–Crippen LogP) is 9.98. The van der Waals surface area contributed by atoms with Crippen LogP contribution < -0.4 is 4.90 Å². The molecule has 0 N–H and O–H groups in total. The summed E-state index contributed by atoms with van der Waals surface area (Å²) in [5.74, 6) is 0. The summed E-state index contributed by atoms with van der Waals surface area (Å²) in [6.45, 7) is 0. The van der Waals surface area contributed by atoms with Crippen LogP contribution in [0.25, 0.3) is 37.9 Å². The van der Waals surface area contributed by atoms with Gasteiger partial charge in [0.15, 0.2) is 0 Å². The Morgan fingerprint density at radius 1 is 0.486 bits per heavy atom. The molecule has 3 heteroatoms. The fraction of sp³-hybridized carbons (Fsp3) is 0. The summed E-state index contributed by atoms with van der Waals surface area (Å²) in [6, 6.07) is 51.7. The zero-order valence-electron chi connectivity index (χ0n) is 20.2. The number of benzene rings is 5. The highest BCUT2D eigenvalue weighted by Crippen LogP contribution is 2.45. The number of hydrogen-bond acceptors (Lipinski definition) is 2. The molecular weight excluding hydrogens is 468 g/mol. The normalized spacial score (nSPS) is 11.2. The molecule has 7 rings (SSSR count). The topological polar surface area (TPSA) is 8.17 Å². The van der Waals surface area contributed by atoms with Gasteiger partial charge in [-0.1, -0.05) is 97.1 Å². The summed E-state index contributed by atoms with van der Waals surface area (Å²) >= 11 is 1.85. The molecule has 0 atom stereocenters. The molecule has 2 nitrogen and oxygen atoms in total. The molecule has 0 aliphatic heterocycles. The van der Waals surface area contributed by atoms with Crippen LogP contribution in [-0.4, -0.2) is 4.57 Å². The Hall–Kier alpha value is -4.60. The molecular formula is C34H24N2S. The van der Waals surface area contributed by atoms with Gasteiger partial charge in [-0.2, -0.15) is 0 Å². The second-order valence-corrected chi connectivity index (χ2v) is 10.1. The van der Waals surface area contributed by atoms with Gasteiger partial charge in [0.2, 0.25) is 0 Å². The van der Waals surface area contributed by atoms with Crippen molar-refractivity contribution < 1.29 is 0 Å². The Kier molecular flexibility index (Phi) is 5.34. The Bertz CT molecular complexity index is 1800. The van der Waals surface area contributed by atoms with Gasteiger partial charge in [0.25, 0.3) is 0 Å². The molecule has 0 saturated carbocycles. The third-order valence-corrected chi connectivity index (χ3v) is 7.95. The smallest absolute Gasteiger partial charge is 0.103 e. The van der Waals surface area contributed by atoms with E-state index in [-0.39, 0.29) is 0 Å². The monoisotopic (exact) mass is 492 g/mol. The van der Waals surface area contributed by atoms with E-state index in [0.717, 1.165) is 11.4 Å². The van der Waals surface area contributed by atoms with Gasteiger partial charge in [-0.3, -0.25) is 0 Å². The number of hydrogen-bond donors (Lipinski definition) is 0. The fourth-order valence-electron chi connectivity index (χ4n) is 5.10. The first-order chi connectivity index (χ1) is 18.4. The van der Waals surface area contributed by atoms with E-state index in [1.54, 1.807) is 0 Å². The first-order valence-electron chi connectivity index (χ1n) is 12.5. The van der Waals surface area contributed by atoms with Gasteiger partial charge < -0.3 is 9.47 Å². The average Bonchev–Trinajstić information content (AvgIpc) is 3.52. The molecule has 0 radical (unpaired) electrons. The van der Waals surface area contributed by atoms with Crippen LogP contribution in [0.3, 0.4) is 0 Å². The van der Waals surface area contributed by atoms with Crippen LogP contribution >= 0.6 is 11.3 Å². The number of aromatic nitrogens is 1. The lowest BCUT2D eigenvalue weighted by atomic mass is 10.1. The van der Waals surface area contributed by atoms with E-state index in [1.807, 2.05) is 11.3 Å². The predicted molar refractivity (Wildman–Crippen MR) is 159 cm³/mol. The second kappa shape index (κ2) is 9.12. The highest BCUT2D eigenvalue weighted by molar-refractivity contribution is 7.24. The Morgan fingerprint density at radius 2 is 1.05 bits per heavy atom. The molecule has 0 aliphatic carbocycles. The molecule has 0 saturated heterocycles. The van der Waals surface area contributed by atoms with Gasteiger partial charge in [0.05, 0.1) is 15.7 Å². The zero-order chi connectivity index (χ0) is 24.6. The fourth-order valence-corrected chi connectivity index (χ4v) is 6.32. The van der Waals surface area contributed by atoms with Crippen LogP contribution in [0, 0.1) is 0 Å². The van der Waals surface area contributed by atoms with Crippen LogP contribution in [0.4, 0.5) is 16.4 Å². The standard InChI is InChI=1S/C34H24N2S/c1-4-12-25(13-5-1)26-20-22-29(23-21-26)35(27-14-6-2-7-15-27)33-24-32-34(37-33)30-18-10-11-19-31(30)36(32)28-16-8-3-9-17-28/h1-24H. The van der Waals surface area contributed by atoms with Crippen LogP contribution in [0.15, 0.2) is 146 Å². The summed E-state index contributed by atoms with van der Waals surface area (Å²) in [5, 5.41) is 2.48. The summed E-state index contributed by atoms with van der Waals surface area (Å²) in [6.07, 6.45) is 0. The van der Waals surface area contributed by atoms with Gasteiger partial charge in [-0.25, -0.2) is 0 Å². The van der Waals surface area contributed by atoms with Crippen molar-refractivity contribution >= 4 is 48.8 Å². The first kappa shape index (κ1) is 21.7. The van der Waals surface area contributed by atoms with Gasteiger partial charge in [0, 0.05) is 22.4 Å². The quantitative estimate of drug-likeness (QED) is 0.232.